The van der Waals surface area contributed by atoms with Gasteiger partial charge in [-0.25, -0.2) is 0 Å². The molecule has 1 rings (SSSR count). The van der Waals surface area contributed by atoms with Crippen molar-refractivity contribution < 1.29 is 67.4 Å². The van der Waals surface area contributed by atoms with E-state index in [1.807, 2.05) is 41.5 Å². The summed E-state index contributed by atoms with van der Waals surface area (Å²) >= 11 is 1.16. The molecule has 0 spiro atoms. The first-order valence-corrected chi connectivity index (χ1v) is 34.2. The van der Waals surface area contributed by atoms with Gasteiger partial charge in [0.15, 0.2) is 5.12 Å². The minimum absolute atomic E-state index is 0.0236. The first-order valence-electron chi connectivity index (χ1n) is 33.2. The molecule has 1 aliphatic heterocycles. The Labute approximate surface area is 560 Å². The number of thioether (sulfide) groups is 1. The number of nitrogens with zero attached hydrogens (tertiary/aromatic N) is 7. The van der Waals surface area contributed by atoms with Crippen molar-refractivity contribution >= 4 is 81.9 Å². The summed E-state index contributed by atoms with van der Waals surface area (Å²) in [7, 11) is 9.79. The van der Waals surface area contributed by atoms with Crippen molar-refractivity contribution in [3.05, 3.63) is 12.2 Å². The molecule has 1 saturated heterocycles. The maximum Gasteiger partial charge on any atom is 0.246 e. The highest BCUT2D eigenvalue weighted by Crippen LogP contribution is 2.26. The van der Waals surface area contributed by atoms with Crippen LogP contribution >= 0.6 is 11.8 Å². The van der Waals surface area contributed by atoms with E-state index in [-0.39, 0.29) is 61.6 Å². The standard InChI is InChI=1S/C67H119N11O14S/c1-26-28-31-42(13)56(80)55-60(84)70-48(27-2)63(87)72(19)45(16)62(86)77(24)54(46(17)92-32-29-30-33-93-47(18)79)59(83)71-52(40(9)10)66(90)73(20)49(34-37(3)4)58(82)68-43(14)57(81)69-44(15)61(85)74(21)50(35-38(5)6)64(88)75(22)51(36-39(7)8)65(89)76(23)53(41(11)12)67(91)78(55)25/h26,28,37-46,48-56,80H,27,29-36H2,1-25H3,(H,68,82)(H,69,81)(H,70,84)(H,71,83)/b28-26+/t42-,43+,44+,45-,46-,48+,49-,50+,51-,52+,53+,54+,55+,56-/m1/s1. The van der Waals surface area contributed by atoms with Gasteiger partial charge >= 0.3 is 0 Å². The first-order chi connectivity index (χ1) is 43.0. The van der Waals surface area contributed by atoms with Gasteiger partial charge in [0.2, 0.25) is 65.0 Å². The van der Waals surface area contributed by atoms with Crippen LogP contribution in [0.3, 0.4) is 0 Å². The van der Waals surface area contributed by atoms with E-state index >= 15 is 14.4 Å². The van der Waals surface area contributed by atoms with E-state index in [0.717, 1.165) is 26.5 Å². The van der Waals surface area contributed by atoms with Gasteiger partial charge in [0.25, 0.3) is 0 Å². The summed E-state index contributed by atoms with van der Waals surface area (Å²) in [5.41, 5.74) is 0. The predicted octanol–water partition coefficient (Wildman–Crippen LogP) is 4.08. The predicted molar refractivity (Wildman–Crippen MR) is 361 cm³/mol. The van der Waals surface area contributed by atoms with E-state index in [2.05, 4.69) is 21.3 Å². The van der Waals surface area contributed by atoms with Crippen LogP contribution in [0.2, 0.25) is 0 Å². The second-order valence-corrected chi connectivity index (χ2v) is 28.7. The molecular weight excluding hydrogens is 1210 g/mol. The average Bonchev–Trinajstić information content (AvgIpc) is 0.824. The van der Waals surface area contributed by atoms with Crippen LogP contribution in [-0.4, -0.2) is 250 Å². The fourth-order valence-corrected chi connectivity index (χ4v) is 12.1. The van der Waals surface area contributed by atoms with E-state index in [1.54, 1.807) is 67.5 Å². The van der Waals surface area contributed by atoms with Gasteiger partial charge in [0, 0.05) is 68.6 Å². The third-order valence-corrected chi connectivity index (χ3v) is 18.4. The second kappa shape index (κ2) is 39.7. The van der Waals surface area contributed by atoms with Crippen molar-refractivity contribution in [2.75, 3.05) is 61.7 Å². The third kappa shape index (κ3) is 24.5. The van der Waals surface area contributed by atoms with Crippen LogP contribution < -0.4 is 21.3 Å². The molecule has 1 fully saturated rings. The molecule has 5 N–H and O–H groups in total. The van der Waals surface area contributed by atoms with Gasteiger partial charge in [-0.2, -0.15) is 0 Å². The molecule has 0 aromatic rings. The Bertz CT molecular complexity index is 2570. The highest BCUT2D eigenvalue weighted by atomic mass is 32.2. The van der Waals surface area contributed by atoms with Gasteiger partial charge in [-0.1, -0.05) is 107 Å². The quantitative estimate of drug-likeness (QED) is 0.0848. The lowest BCUT2D eigenvalue weighted by Crippen LogP contribution is -2.64. The Balaban J connectivity index is 4.43. The summed E-state index contributed by atoms with van der Waals surface area (Å²) in [6, 6.07) is -14.3. The number of amides is 11. The number of aliphatic hydroxyl groups is 1. The zero-order valence-corrected chi connectivity index (χ0v) is 61.6. The van der Waals surface area contributed by atoms with Crippen LogP contribution in [0.5, 0.6) is 0 Å². The largest absolute Gasteiger partial charge is 0.390 e. The van der Waals surface area contributed by atoms with Gasteiger partial charge in [0.1, 0.15) is 66.5 Å². The minimum atomic E-state index is -1.65. The Hall–Kier alpha value is -6.15. The number of allylic oxidation sites excluding steroid dienone is 2. The number of rotatable bonds is 20. The topological polar surface area (TPSA) is 305 Å². The molecule has 0 aliphatic carbocycles. The number of nitrogens with one attached hydrogen (secondary N) is 4. The second-order valence-electron chi connectivity index (χ2n) is 27.4. The lowest BCUT2D eigenvalue weighted by Gasteiger charge is -2.41. The summed E-state index contributed by atoms with van der Waals surface area (Å²) < 4.78 is 6.22. The normalized spacial score (nSPS) is 26.7. The van der Waals surface area contributed by atoms with Crippen LogP contribution in [0, 0.1) is 35.5 Å². The summed E-state index contributed by atoms with van der Waals surface area (Å²) in [4.78, 5) is 183. The lowest BCUT2D eigenvalue weighted by atomic mass is 9.91. The van der Waals surface area contributed by atoms with Gasteiger partial charge in [0.05, 0.1) is 12.2 Å². The van der Waals surface area contributed by atoms with E-state index in [0.29, 0.717) is 18.6 Å². The molecule has 532 valence electrons. The molecule has 1 aliphatic rings. The molecule has 1 heterocycles. The molecule has 0 saturated carbocycles. The molecule has 25 nitrogen and oxygen atoms in total. The molecule has 0 aromatic heterocycles. The number of carbonyl (C=O) groups excluding carboxylic acids is 12. The molecule has 26 heteroatoms. The number of carbonyl (C=O) groups is 12. The molecule has 0 unspecified atom stereocenters. The number of aliphatic hydroxyl groups excluding tert-OH is 1. The Kier molecular flexibility index (Phi) is 36.2. The number of ether oxygens (including phenoxy) is 1. The summed E-state index contributed by atoms with van der Waals surface area (Å²) in [6.07, 6.45) is 2.74. The highest BCUT2D eigenvalue weighted by molar-refractivity contribution is 8.13. The van der Waals surface area contributed by atoms with Crippen molar-refractivity contribution in [3.8, 4) is 0 Å². The maximum atomic E-state index is 15.3. The van der Waals surface area contributed by atoms with E-state index < -0.39 is 161 Å². The van der Waals surface area contributed by atoms with E-state index in [4.69, 9.17) is 4.74 Å². The van der Waals surface area contributed by atoms with Gasteiger partial charge in [-0.15, -0.1) is 0 Å². The zero-order valence-electron chi connectivity index (χ0n) is 60.8. The number of likely N-dealkylation sites (N-methyl/N-ethyl adjacent to an activating group) is 7. The number of unbranched alkanes of at least 4 members (excludes halogenated alkanes) is 1. The zero-order chi connectivity index (χ0) is 72.0. The molecule has 93 heavy (non-hydrogen) atoms. The van der Waals surface area contributed by atoms with E-state index in [1.165, 1.54) is 96.6 Å². The van der Waals surface area contributed by atoms with Gasteiger partial charge in [-0.05, 0) is 115 Å². The minimum Gasteiger partial charge on any atom is -0.390 e. The molecule has 0 bridgehead atoms. The Morgan fingerprint density at radius 1 is 0.516 bits per heavy atom. The van der Waals surface area contributed by atoms with Crippen molar-refractivity contribution in [1.82, 2.24) is 55.6 Å². The van der Waals surface area contributed by atoms with Crippen LogP contribution in [0.4, 0.5) is 0 Å². The molecule has 0 aromatic carbocycles. The molecule has 0 radical (unpaired) electrons. The van der Waals surface area contributed by atoms with Gasteiger partial charge in [-0.3, -0.25) is 57.5 Å². The summed E-state index contributed by atoms with van der Waals surface area (Å²) in [5, 5.41) is 23.1. The Morgan fingerprint density at radius 2 is 0.978 bits per heavy atom. The number of hydrogen-bond acceptors (Lipinski definition) is 15. The third-order valence-electron chi connectivity index (χ3n) is 17.5. The monoisotopic (exact) mass is 1330 g/mol. The van der Waals surface area contributed by atoms with Crippen LogP contribution in [0.25, 0.3) is 0 Å². The number of hydrogen-bond donors (Lipinski definition) is 5. The van der Waals surface area contributed by atoms with E-state index in [9.17, 15) is 48.3 Å². The smallest absolute Gasteiger partial charge is 0.246 e. The fraction of sp³-hybridized carbons (Fsp3) is 0.791. The Morgan fingerprint density at radius 3 is 1.46 bits per heavy atom. The van der Waals surface area contributed by atoms with Crippen molar-refractivity contribution in [2.45, 2.75) is 248 Å². The maximum absolute atomic E-state index is 15.3. The van der Waals surface area contributed by atoms with Crippen LogP contribution in [-0.2, 0) is 62.3 Å². The van der Waals surface area contributed by atoms with Crippen molar-refractivity contribution in [2.24, 2.45) is 35.5 Å². The highest BCUT2D eigenvalue weighted by Gasteiger charge is 2.46. The fourth-order valence-electron chi connectivity index (χ4n) is 11.5. The average molecular weight is 1330 g/mol. The molecule has 11 amide bonds. The SMILES string of the molecule is C/C=C/C[C@@H](C)[C@@H](O)[C@H]1C(=O)N[C@@H](CC)C(=O)N(C)[C@H](C)C(=O)N(C)[C@@H]([C@@H](C)OCCCCSC(C)=O)C(=O)N[C@@H](C(C)C)C(=O)N(C)[C@H](CC(C)C)C(=O)N[C@@H](C)C(=O)N[C@@H](C)C(=O)N(C)[C@@H](CC(C)C)C(=O)N(C)[C@H](CC(C)C)C(=O)N(C)[C@@H](C(C)C)C(=O)N1C. The summed E-state index contributed by atoms with van der Waals surface area (Å²) in [6.45, 7) is 30.6. The summed E-state index contributed by atoms with van der Waals surface area (Å²) in [5.74, 6) is -9.76. The van der Waals surface area contributed by atoms with Crippen LogP contribution in [0.15, 0.2) is 12.2 Å². The molecular formula is C67H119N11O14S. The van der Waals surface area contributed by atoms with Crippen LogP contribution in [0.1, 0.15) is 170 Å². The first kappa shape index (κ1) is 84.9. The van der Waals surface area contributed by atoms with Crippen molar-refractivity contribution in [3.63, 3.8) is 0 Å². The van der Waals surface area contributed by atoms with Crippen molar-refractivity contribution in [1.29, 1.82) is 0 Å². The lowest BCUT2D eigenvalue weighted by molar-refractivity contribution is -0.157. The molecule has 14 atom stereocenters. The van der Waals surface area contributed by atoms with Gasteiger partial charge < -0.3 is 65.4 Å².